The van der Waals surface area contributed by atoms with Gasteiger partial charge in [-0.15, -0.1) is 0 Å². The number of fused-ring (bicyclic) bond motifs is 1. The molecule has 0 bridgehead atoms. The van der Waals surface area contributed by atoms with Crippen LogP contribution in [0.5, 0.6) is 11.5 Å². The molecule has 0 unspecified atom stereocenters. The molecular weight excluding hydrogens is 518 g/mol. The van der Waals surface area contributed by atoms with Crippen molar-refractivity contribution in [2.45, 2.75) is 51.2 Å². The summed E-state index contributed by atoms with van der Waals surface area (Å²) < 4.78 is 40.1. The zero-order valence-electron chi connectivity index (χ0n) is 23.5. The van der Waals surface area contributed by atoms with Gasteiger partial charge in [-0.3, -0.25) is 0 Å². The van der Waals surface area contributed by atoms with Crippen molar-refractivity contribution in [2.75, 3.05) is 39.2 Å². The van der Waals surface area contributed by atoms with Crippen molar-refractivity contribution in [1.82, 2.24) is 9.21 Å². The largest absolute Gasteiger partial charge is 0.497 e. The number of urea groups is 1. The van der Waals surface area contributed by atoms with E-state index < -0.39 is 22.2 Å². The summed E-state index contributed by atoms with van der Waals surface area (Å²) in [6.45, 7) is 7.70. The van der Waals surface area contributed by atoms with Crippen LogP contribution in [0.3, 0.4) is 0 Å². The minimum Gasteiger partial charge on any atom is -0.497 e. The smallest absolute Gasteiger partial charge is 0.321 e. The van der Waals surface area contributed by atoms with E-state index in [4.69, 9.17) is 9.47 Å². The average Bonchev–Trinajstić information content (AvgIpc) is 2.90. The number of hydrogen-bond donors (Lipinski definition) is 2. The predicted molar refractivity (Wildman–Crippen MR) is 151 cm³/mol. The van der Waals surface area contributed by atoms with Gasteiger partial charge in [-0.2, -0.15) is 4.31 Å². The molecule has 0 saturated carbocycles. The number of anilines is 1. The number of carbonyl (C=O) groups is 1. The maximum atomic E-state index is 13.6. The molecule has 2 aromatic carbocycles. The highest BCUT2D eigenvalue weighted by Gasteiger charge is 2.38. The van der Waals surface area contributed by atoms with Crippen molar-refractivity contribution < 1.29 is 27.8 Å². The number of amides is 2. The molecule has 1 heterocycles. The lowest BCUT2D eigenvalue weighted by molar-refractivity contribution is 0.0830. The Balaban J connectivity index is 1.92. The van der Waals surface area contributed by atoms with E-state index in [0.29, 0.717) is 29.3 Å². The average molecular weight is 558 g/mol. The van der Waals surface area contributed by atoms with Gasteiger partial charge in [0.15, 0.2) is 0 Å². The lowest BCUT2D eigenvalue weighted by atomic mass is 10.0. The number of hydrogen-bond acceptors (Lipinski definition) is 6. The van der Waals surface area contributed by atoms with Gasteiger partial charge >= 0.3 is 6.03 Å². The second-order valence-corrected chi connectivity index (χ2v) is 12.2. The molecule has 0 saturated heterocycles. The third kappa shape index (κ3) is 7.66. The fourth-order valence-corrected chi connectivity index (χ4v) is 5.95. The molecule has 0 aliphatic carbocycles. The quantitative estimate of drug-likeness (QED) is 0.498. The Hall–Kier alpha value is -3.26. The zero-order valence-corrected chi connectivity index (χ0v) is 24.3. The van der Waals surface area contributed by atoms with Crippen molar-refractivity contribution >= 4 is 21.7 Å². The standard InChI is InChI=1S/C29H39N3O6S/c1-20(2)8-7-9-23-10-15-28-26(16-23)38-27(21(3)17-32(22(4)19-33)39(28,35)36)18-31(5)29(34)30-24-11-13-25(37-6)14-12-24/h10-16,20-22,27,33H,8,17-19H2,1-6H3,(H,30,34)/t21-,22-,27-/m1/s1. The van der Waals surface area contributed by atoms with Gasteiger partial charge in [-0.1, -0.05) is 32.6 Å². The van der Waals surface area contributed by atoms with E-state index >= 15 is 0 Å². The first-order valence-corrected chi connectivity index (χ1v) is 14.5. The first-order valence-electron chi connectivity index (χ1n) is 13.0. The molecule has 2 aromatic rings. The first kappa shape index (κ1) is 30.3. The fraction of sp³-hybridized carbons (Fsp3) is 0.483. The maximum Gasteiger partial charge on any atom is 0.321 e. The maximum absolute atomic E-state index is 13.6. The van der Waals surface area contributed by atoms with Gasteiger partial charge in [-0.05, 0) is 55.3 Å². The number of likely N-dealkylation sites (N-methyl/N-ethyl adjacent to an activating group) is 1. The van der Waals surface area contributed by atoms with Gasteiger partial charge in [0.1, 0.15) is 22.5 Å². The summed E-state index contributed by atoms with van der Waals surface area (Å²) in [7, 11) is -0.721. The van der Waals surface area contributed by atoms with E-state index in [2.05, 4.69) is 31.0 Å². The van der Waals surface area contributed by atoms with Crippen LogP contribution in [0.25, 0.3) is 0 Å². The summed E-state index contributed by atoms with van der Waals surface area (Å²) in [5.41, 5.74) is 1.26. The molecular formula is C29H39N3O6S. The summed E-state index contributed by atoms with van der Waals surface area (Å²) >= 11 is 0. The number of rotatable bonds is 7. The Morgan fingerprint density at radius 1 is 1.23 bits per heavy atom. The van der Waals surface area contributed by atoms with Crippen LogP contribution in [-0.2, 0) is 10.0 Å². The Labute approximate surface area is 232 Å². The molecule has 9 nitrogen and oxygen atoms in total. The Kier molecular flexibility index (Phi) is 10.2. The Morgan fingerprint density at radius 2 is 1.92 bits per heavy atom. The van der Waals surface area contributed by atoms with E-state index in [9.17, 15) is 18.3 Å². The van der Waals surface area contributed by atoms with Crippen molar-refractivity contribution in [3.05, 3.63) is 48.0 Å². The van der Waals surface area contributed by atoms with E-state index in [1.807, 2.05) is 6.92 Å². The van der Waals surface area contributed by atoms with Crippen molar-refractivity contribution in [1.29, 1.82) is 0 Å². The summed E-state index contributed by atoms with van der Waals surface area (Å²) in [6, 6.07) is 10.9. The number of aliphatic hydroxyl groups is 1. The number of nitrogens with zero attached hydrogens (tertiary/aromatic N) is 2. The number of ether oxygens (including phenoxy) is 2. The van der Waals surface area contributed by atoms with Gasteiger partial charge in [0, 0.05) is 43.2 Å². The first-order chi connectivity index (χ1) is 18.5. The lowest BCUT2D eigenvalue weighted by Gasteiger charge is -2.37. The number of carbonyl (C=O) groups excluding carboxylic acids is 1. The summed E-state index contributed by atoms with van der Waals surface area (Å²) in [6.07, 6.45) is 0.185. The molecule has 2 N–H and O–H groups in total. The molecule has 0 fully saturated rings. The van der Waals surface area contributed by atoms with Crippen LogP contribution >= 0.6 is 0 Å². The second kappa shape index (κ2) is 13.2. The molecule has 0 aromatic heterocycles. The second-order valence-electron chi connectivity index (χ2n) is 10.3. The van der Waals surface area contributed by atoms with E-state index in [1.165, 1.54) is 15.3 Å². The Morgan fingerprint density at radius 3 is 2.54 bits per heavy atom. The minimum absolute atomic E-state index is 0.0134. The monoisotopic (exact) mass is 557 g/mol. The van der Waals surface area contributed by atoms with Gasteiger partial charge in [0.05, 0.1) is 20.3 Å². The van der Waals surface area contributed by atoms with Crippen LogP contribution in [0.15, 0.2) is 47.4 Å². The van der Waals surface area contributed by atoms with Crippen molar-refractivity contribution in [2.24, 2.45) is 11.8 Å². The summed E-state index contributed by atoms with van der Waals surface area (Å²) in [4.78, 5) is 14.5. The zero-order chi connectivity index (χ0) is 28.7. The molecule has 2 amide bonds. The molecule has 212 valence electrons. The van der Waals surface area contributed by atoms with Gasteiger partial charge in [0.2, 0.25) is 10.0 Å². The Bertz CT molecular complexity index is 1300. The van der Waals surface area contributed by atoms with Crippen LogP contribution in [0.1, 0.15) is 39.7 Å². The molecule has 3 atom stereocenters. The minimum atomic E-state index is -3.96. The van der Waals surface area contributed by atoms with Crippen molar-refractivity contribution in [3.8, 4) is 23.3 Å². The van der Waals surface area contributed by atoms with E-state index in [0.717, 1.165) is 0 Å². The van der Waals surface area contributed by atoms with Crippen LogP contribution in [-0.4, -0.2) is 74.8 Å². The van der Waals surface area contributed by atoms with Gasteiger partial charge in [0.25, 0.3) is 0 Å². The van der Waals surface area contributed by atoms with E-state index in [-0.39, 0.29) is 42.3 Å². The molecule has 1 aliphatic heterocycles. The summed E-state index contributed by atoms with van der Waals surface area (Å²) in [5, 5.41) is 12.7. The molecule has 1 aliphatic rings. The van der Waals surface area contributed by atoms with E-state index in [1.54, 1.807) is 57.5 Å². The SMILES string of the molecule is COc1ccc(NC(=O)N(C)C[C@H]2Oc3cc(C#CCC(C)C)ccc3S(=O)(=O)N([C@H](C)CO)C[C@H]2C)cc1. The topological polar surface area (TPSA) is 108 Å². The fourth-order valence-electron chi connectivity index (χ4n) is 4.12. The van der Waals surface area contributed by atoms with Crippen molar-refractivity contribution in [3.63, 3.8) is 0 Å². The molecule has 0 radical (unpaired) electrons. The van der Waals surface area contributed by atoms with Crippen LogP contribution in [0.2, 0.25) is 0 Å². The van der Waals surface area contributed by atoms with Crippen LogP contribution in [0.4, 0.5) is 10.5 Å². The number of benzene rings is 2. The van der Waals surface area contributed by atoms with Gasteiger partial charge in [-0.25, -0.2) is 13.2 Å². The molecule has 3 rings (SSSR count). The highest BCUT2D eigenvalue weighted by molar-refractivity contribution is 7.89. The van der Waals surface area contributed by atoms with Crippen LogP contribution in [0, 0.1) is 23.7 Å². The number of sulfonamides is 1. The highest BCUT2D eigenvalue weighted by Crippen LogP contribution is 2.34. The number of methoxy groups -OCH3 is 1. The lowest BCUT2D eigenvalue weighted by Crippen LogP contribution is -2.50. The normalized spacial score (nSPS) is 19.4. The van der Waals surface area contributed by atoms with Gasteiger partial charge < -0.3 is 24.8 Å². The highest BCUT2D eigenvalue weighted by atomic mass is 32.2. The number of nitrogens with one attached hydrogen (secondary N) is 1. The molecule has 39 heavy (non-hydrogen) atoms. The van der Waals surface area contributed by atoms with Crippen LogP contribution < -0.4 is 14.8 Å². The summed E-state index contributed by atoms with van der Waals surface area (Å²) in [5.74, 6) is 7.20. The predicted octanol–water partition coefficient (Wildman–Crippen LogP) is 4.03. The third-order valence-corrected chi connectivity index (χ3v) is 8.57. The number of aliphatic hydroxyl groups excluding tert-OH is 1. The third-order valence-electron chi connectivity index (χ3n) is 6.55. The molecule has 10 heteroatoms. The molecule has 0 spiro atoms.